The zero-order chi connectivity index (χ0) is 11.7. The predicted molar refractivity (Wildman–Crippen MR) is 56.6 cm³/mol. The molecule has 0 bridgehead atoms. The van der Waals surface area contributed by atoms with Crippen LogP contribution in [0.4, 0.5) is 0 Å². The Kier molecular flexibility index (Phi) is 1.66. The standard InChI is InChI=1S/C13H14O4/c1-16-12(14)9-6-3-2-5-4-7-10(8(5)6)11(9)13(15)17-7/h2-3,5-11H,4H2,1H3/t5?,6?,7?,8?,9-,10?,11?/m0/s1. The monoisotopic (exact) mass is 234 g/mol. The first-order valence-electron chi connectivity index (χ1n) is 6.19. The van der Waals surface area contributed by atoms with E-state index >= 15 is 0 Å². The molecule has 0 aromatic carbocycles. The third-order valence-electron chi connectivity index (χ3n) is 5.13. The zero-order valence-corrected chi connectivity index (χ0v) is 9.54. The van der Waals surface area contributed by atoms with E-state index in [2.05, 4.69) is 12.2 Å². The van der Waals surface area contributed by atoms with Crippen LogP contribution >= 0.6 is 0 Å². The topological polar surface area (TPSA) is 52.6 Å². The van der Waals surface area contributed by atoms with Crippen LogP contribution in [-0.4, -0.2) is 25.2 Å². The highest BCUT2D eigenvalue weighted by Crippen LogP contribution is 2.63. The molecule has 4 nitrogen and oxygen atoms in total. The second-order valence-corrected chi connectivity index (χ2v) is 5.57. The summed E-state index contributed by atoms with van der Waals surface area (Å²) in [6.45, 7) is 0. The van der Waals surface area contributed by atoms with Crippen LogP contribution in [0.3, 0.4) is 0 Å². The van der Waals surface area contributed by atoms with Crippen molar-refractivity contribution in [1.82, 2.24) is 0 Å². The third-order valence-corrected chi connectivity index (χ3v) is 5.13. The molecular weight excluding hydrogens is 220 g/mol. The van der Waals surface area contributed by atoms with Gasteiger partial charge in [0.15, 0.2) is 0 Å². The quantitative estimate of drug-likeness (QED) is 0.496. The molecule has 0 amide bonds. The second kappa shape index (κ2) is 2.92. The van der Waals surface area contributed by atoms with E-state index in [1.165, 1.54) is 7.11 Å². The fourth-order valence-corrected chi connectivity index (χ4v) is 4.67. The minimum atomic E-state index is -0.311. The van der Waals surface area contributed by atoms with E-state index < -0.39 is 0 Å². The number of ether oxygens (including phenoxy) is 2. The molecule has 1 saturated heterocycles. The number of rotatable bonds is 1. The number of hydrogen-bond acceptors (Lipinski definition) is 4. The number of methoxy groups -OCH3 is 1. The second-order valence-electron chi connectivity index (χ2n) is 5.57. The summed E-state index contributed by atoms with van der Waals surface area (Å²) in [5, 5.41) is 0. The first-order chi connectivity index (χ1) is 8.22. The Bertz CT molecular complexity index is 441. The van der Waals surface area contributed by atoms with Gasteiger partial charge in [-0.1, -0.05) is 12.2 Å². The zero-order valence-electron chi connectivity index (χ0n) is 9.54. The maximum atomic E-state index is 11.9. The Labute approximate surface area is 99.0 Å². The molecule has 90 valence electrons. The summed E-state index contributed by atoms with van der Waals surface area (Å²) in [6, 6.07) is 0. The van der Waals surface area contributed by atoms with Crippen LogP contribution in [0.25, 0.3) is 0 Å². The largest absolute Gasteiger partial charge is 0.469 e. The fourth-order valence-electron chi connectivity index (χ4n) is 4.67. The summed E-state index contributed by atoms with van der Waals surface area (Å²) < 4.78 is 10.3. The van der Waals surface area contributed by atoms with Gasteiger partial charge >= 0.3 is 11.9 Å². The Hall–Kier alpha value is -1.32. The van der Waals surface area contributed by atoms with Crippen molar-refractivity contribution in [2.75, 3.05) is 7.11 Å². The Morgan fingerprint density at radius 2 is 2.24 bits per heavy atom. The van der Waals surface area contributed by atoms with E-state index in [1.54, 1.807) is 0 Å². The van der Waals surface area contributed by atoms with Gasteiger partial charge in [-0.2, -0.15) is 0 Å². The van der Waals surface area contributed by atoms with Gasteiger partial charge in [0.1, 0.15) is 6.10 Å². The van der Waals surface area contributed by atoms with E-state index in [1.807, 2.05) is 0 Å². The molecule has 6 unspecified atom stereocenters. The molecule has 3 fully saturated rings. The SMILES string of the molecule is COC(=O)[C@H]1C2C=CC3CC4OC(=O)C1C4C32. The fraction of sp³-hybridized carbons (Fsp3) is 0.692. The molecule has 2 saturated carbocycles. The van der Waals surface area contributed by atoms with Crippen molar-refractivity contribution in [3.05, 3.63) is 12.2 Å². The van der Waals surface area contributed by atoms with Gasteiger partial charge in [-0.25, -0.2) is 0 Å². The molecule has 3 aliphatic carbocycles. The smallest absolute Gasteiger partial charge is 0.310 e. The van der Waals surface area contributed by atoms with E-state index in [9.17, 15) is 9.59 Å². The number of esters is 2. The highest BCUT2D eigenvalue weighted by molar-refractivity contribution is 5.85. The minimum absolute atomic E-state index is 0.0459. The minimum Gasteiger partial charge on any atom is -0.469 e. The van der Waals surface area contributed by atoms with Crippen LogP contribution < -0.4 is 0 Å². The summed E-state index contributed by atoms with van der Waals surface area (Å²) in [5.74, 6) is 0.373. The molecule has 1 aliphatic heterocycles. The predicted octanol–water partition coefficient (Wildman–Crippen LogP) is 0.769. The molecular formula is C13H14O4. The Morgan fingerprint density at radius 1 is 1.41 bits per heavy atom. The number of carbonyl (C=O) groups is 2. The lowest BCUT2D eigenvalue weighted by Gasteiger charge is -2.18. The van der Waals surface area contributed by atoms with E-state index in [0.717, 1.165) is 6.42 Å². The molecule has 0 radical (unpaired) electrons. The van der Waals surface area contributed by atoms with Crippen molar-refractivity contribution in [2.45, 2.75) is 12.5 Å². The lowest BCUT2D eigenvalue weighted by molar-refractivity contribution is -0.155. The maximum Gasteiger partial charge on any atom is 0.310 e. The van der Waals surface area contributed by atoms with Gasteiger partial charge in [0.25, 0.3) is 0 Å². The van der Waals surface area contributed by atoms with Crippen LogP contribution in [0.15, 0.2) is 12.2 Å². The van der Waals surface area contributed by atoms with Gasteiger partial charge in [-0.15, -0.1) is 0 Å². The number of hydrogen-bond donors (Lipinski definition) is 0. The van der Waals surface area contributed by atoms with Crippen LogP contribution in [0.2, 0.25) is 0 Å². The number of carbonyl (C=O) groups excluding carboxylic acids is 2. The van der Waals surface area contributed by atoms with Crippen molar-refractivity contribution < 1.29 is 19.1 Å². The summed E-state index contributed by atoms with van der Waals surface area (Å²) >= 11 is 0. The van der Waals surface area contributed by atoms with Crippen molar-refractivity contribution >= 4 is 11.9 Å². The lowest BCUT2D eigenvalue weighted by Crippen LogP contribution is -2.29. The highest BCUT2D eigenvalue weighted by atomic mass is 16.6. The summed E-state index contributed by atoms with van der Waals surface area (Å²) in [4.78, 5) is 23.8. The Morgan fingerprint density at radius 3 is 3.00 bits per heavy atom. The van der Waals surface area contributed by atoms with E-state index in [0.29, 0.717) is 11.8 Å². The summed E-state index contributed by atoms with van der Waals surface area (Å²) in [7, 11) is 1.39. The van der Waals surface area contributed by atoms with Gasteiger partial charge in [-0.3, -0.25) is 9.59 Å². The van der Waals surface area contributed by atoms with E-state index in [4.69, 9.17) is 9.47 Å². The van der Waals surface area contributed by atoms with Gasteiger partial charge in [0, 0.05) is 5.92 Å². The lowest BCUT2D eigenvalue weighted by atomic mass is 9.87. The third kappa shape index (κ3) is 0.956. The molecule has 4 aliphatic rings. The van der Waals surface area contributed by atoms with Crippen molar-refractivity contribution in [3.63, 3.8) is 0 Å². The van der Waals surface area contributed by atoms with Crippen LogP contribution in [0.5, 0.6) is 0 Å². The van der Waals surface area contributed by atoms with Gasteiger partial charge in [0.2, 0.25) is 0 Å². The van der Waals surface area contributed by atoms with Crippen molar-refractivity contribution in [2.24, 2.45) is 35.5 Å². The van der Waals surface area contributed by atoms with Crippen molar-refractivity contribution in [3.8, 4) is 0 Å². The van der Waals surface area contributed by atoms with Gasteiger partial charge < -0.3 is 9.47 Å². The van der Waals surface area contributed by atoms with Crippen LogP contribution in [-0.2, 0) is 19.1 Å². The molecule has 7 atom stereocenters. The normalized spacial score (nSPS) is 52.8. The molecule has 0 spiro atoms. The molecule has 0 aromatic heterocycles. The van der Waals surface area contributed by atoms with Crippen molar-refractivity contribution in [1.29, 1.82) is 0 Å². The van der Waals surface area contributed by atoms with E-state index in [-0.39, 0.29) is 41.7 Å². The molecule has 4 rings (SSSR count). The Balaban J connectivity index is 1.81. The molecule has 0 N–H and O–H groups in total. The average molecular weight is 234 g/mol. The van der Waals surface area contributed by atoms with Gasteiger partial charge in [0.05, 0.1) is 18.9 Å². The number of allylic oxidation sites excluding steroid dienone is 2. The highest BCUT2D eigenvalue weighted by Gasteiger charge is 2.68. The average Bonchev–Trinajstić information content (AvgIpc) is 2.97. The molecule has 0 aromatic rings. The summed E-state index contributed by atoms with van der Waals surface area (Å²) in [6.07, 6.45) is 5.31. The van der Waals surface area contributed by atoms with Crippen LogP contribution in [0.1, 0.15) is 6.42 Å². The molecule has 1 heterocycles. The van der Waals surface area contributed by atoms with Crippen LogP contribution in [0, 0.1) is 35.5 Å². The molecule has 4 heteroatoms. The van der Waals surface area contributed by atoms with Gasteiger partial charge in [-0.05, 0) is 24.2 Å². The molecule has 17 heavy (non-hydrogen) atoms. The first-order valence-corrected chi connectivity index (χ1v) is 6.19. The summed E-state index contributed by atoms with van der Waals surface area (Å²) in [5.41, 5.74) is 0. The first kappa shape index (κ1) is 9.68. The maximum absolute atomic E-state index is 11.9.